The maximum Gasteiger partial charge on any atom is 0.262 e. The van der Waals surface area contributed by atoms with Gasteiger partial charge in [-0.05, 0) is 6.42 Å². The largest absolute Gasteiger partial charge is 0.351 e. The summed E-state index contributed by atoms with van der Waals surface area (Å²) in [7, 11) is 0. The minimum absolute atomic E-state index is 0.0318. The summed E-state index contributed by atoms with van der Waals surface area (Å²) in [5, 5.41) is 2.82. The van der Waals surface area contributed by atoms with Crippen molar-refractivity contribution in [2.75, 3.05) is 6.54 Å². The number of hydrogen-bond donors (Lipinski definition) is 1. The zero-order valence-electron chi connectivity index (χ0n) is 7.29. The number of hydrogen-bond acceptors (Lipinski definition) is 3. The topological polar surface area (TPSA) is 42.0 Å². The maximum absolute atomic E-state index is 11.3. The van der Waals surface area contributed by atoms with Crippen LogP contribution in [0.1, 0.15) is 23.0 Å². The van der Waals surface area contributed by atoms with Gasteiger partial charge in [-0.1, -0.05) is 22.9 Å². The van der Waals surface area contributed by atoms with Crippen LogP contribution in [0.15, 0.2) is 11.7 Å². The van der Waals surface area contributed by atoms with Crippen LogP contribution < -0.4 is 5.32 Å². The van der Waals surface area contributed by atoms with Crippen molar-refractivity contribution in [3.8, 4) is 0 Å². The summed E-state index contributed by atoms with van der Waals surface area (Å²) in [4.78, 5) is 16.3. The van der Waals surface area contributed by atoms with Gasteiger partial charge in [-0.25, -0.2) is 0 Å². The van der Waals surface area contributed by atoms with E-state index in [4.69, 9.17) is 0 Å². The normalized spacial score (nSPS) is 12.5. The number of nitrogens with one attached hydrogen (secondary N) is 1. The highest BCUT2D eigenvalue weighted by molar-refractivity contribution is 9.09. The van der Waals surface area contributed by atoms with Crippen molar-refractivity contribution >= 4 is 33.2 Å². The SMILES string of the molecule is CC(Br)CCNC(=O)c1cncs1. The van der Waals surface area contributed by atoms with Crippen molar-refractivity contribution in [2.24, 2.45) is 0 Å². The van der Waals surface area contributed by atoms with E-state index in [9.17, 15) is 4.79 Å². The number of carbonyl (C=O) groups excluding carboxylic acids is 1. The Hall–Kier alpha value is -0.420. The van der Waals surface area contributed by atoms with Crippen LogP contribution in [0.3, 0.4) is 0 Å². The van der Waals surface area contributed by atoms with E-state index in [2.05, 4.69) is 33.2 Å². The summed E-state index contributed by atoms with van der Waals surface area (Å²) >= 11 is 4.77. The van der Waals surface area contributed by atoms with Crippen molar-refractivity contribution in [1.29, 1.82) is 0 Å². The lowest BCUT2D eigenvalue weighted by Crippen LogP contribution is -2.24. The number of aromatic nitrogens is 1. The average molecular weight is 263 g/mol. The zero-order chi connectivity index (χ0) is 9.68. The van der Waals surface area contributed by atoms with Crippen LogP contribution in [0.4, 0.5) is 0 Å². The lowest BCUT2D eigenvalue weighted by Gasteiger charge is -2.03. The average Bonchev–Trinajstić information content (AvgIpc) is 2.55. The minimum Gasteiger partial charge on any atom is -0.351 e. The van der Waals surface area contributed by atoms with Crippen LogP contribution in [-0.4, -0.2) is 22.3 Å². The van der Waals surface area contributed by atoms with Crippen molar-refractivity contribution in [1.82, 2.24) is 10.3 Å². The first-order valence-electron chi connectivity index (χ1n) is 4.01. The standard InChI is InChI=1S/C8H11BrN2OS/c1-6(9)2-3-11-8(12)7-4-10-5-13-7/h4-6H,2-3H2,1H3,(H,11,12). The Bertz CT molecular complexity index is 261. The molecule has 0 saturated heterocycles. The Morgan fingerprint density at radius 1 is 1.85 bits per heavy atom. The smallest absolute Gasteiger partial charge is 0.262 e. The molecular formula is C8H11BrN2OS. The number of rotatable bonds is 4. The molecule has 1 unspecified atom stereocenters. The fourth-order valence-electron chi connectivity index (χ4n) is 0.800. The van der Waals surface area contributed by atoms with Gasteiger partial charge in [-0.3, -0.25) is 9.78 Å². The van der Waals surface area contributed by atoms with Crippen LogP contribution in [0.25, 0.3) is 0 Å². The van der Waals surface area contributed by atoms with Gasteiger partial charge >= 0.3 is 0 Å². The van der Waals surface area contributed by atoms with E-state index in [1.54, 1.807) is 11.7 Å². The predicted octanol–water partition coefficient (Wildman–Crippen LogP) is 2.05. The Morgan fingerprint density at radius 2 is 2.62 bits per heavy atom. The Labute approximate surface area is 89.7 Å². The monoisotopic (exact) mass is 262 g/mol. The number of amides is 1. The molecule has 1 aromatic heterocycles. The molecule has 0 radical (unpaired) electrons. The van der Waals surface area contributed by atoms with E-state index in [-0.39, 0.29) is 5.91 Å². The third-order valence-electron chi connectivity index (χ3n) is 1.48. The van der Waals surface area contributed by atoms with E-state index >= 15 is 0 Å². The van der Waals surface area contributed by atoms with E-state index in [0.29, 0.717) is 16.2 Å². The fraction of sp³-hybridized carbons (Fsp3) is 0.500. The molecule has 0 aliphatic carbocycles. The molecule has 1 N–H and O–H groups in total. The van der Waals surface area contributed by atoms with Crippen LogP contribution in [0.2, 0.25) is 0 Å². The molecule has 5 heteroatoms. The van der Waals surface area contributed by atoms with Gasteiger partial charge in [0.25, 0.3) is 5.91 Å². The summed E-state index contributed by atoms with van der Waals surface area (Å²) in [6, 6.07) is 0. The quantitative estimate of drug-likeness (QED) is 0.845. The van der Waals surface area contributed by atoms with Gasteiger partial charge in [0.05, 0.1) is 11.7 Å². The molecule has 1 amide bonds. The molecule has 3 nitrogen and oxygen atoms in total. The Balaban J connectivity index is 2.27. The van der Waals surface area contributed by atoms with Gasteiger partial charge in [-0.2, -0.15) is 0 Å². The van der Waals surface area contributed by atoms with Gasteiger partial charge in [-0.15, -0.1) is 11.3 Å². The first kappa shape index (κ1) is 10.7. The van der Waals surface area contributed by atoms with Crippen molar-refractivity contribution in [2.45, 2.75) is 18.2 Å². The Morgan fingerprint density at radius 3 is 3.15 bits per heavy atom. The molecule has 0 fully saturated rings. The second kappa shape index (κ2) is 5.34. The predicted molar refractivity (Wildman–Crippen MR) is 57.5 cm³/mol. The van der Waals surface area contributed by atoms with Crippen LogP contribution in [-0.2, 0) is 0 Å². The van der Waals surface area contributed by atoms with E-state index in [1.807, 2.05) is 0 Å². The third kappa shape index (κ3) is 3.87. The molecule has 0 aliphatic heterocycles. The lowest BCUT2D eigenvalue weighted by molar-refractivity contribution is 0.0957. The summed E-state index contributed by atoms with van der Waals surface area (Å²) in [5.74, 6) is -0.0318. The van der Waals surface area contributed by atoms with Gasteiger partial charge in [0, 0.05) is 11.4 Å². The molecule has 1 heterocycles. The molecule has 13 heavy (non-hydrogen) atoms. The highest BCUT2D eigenvalue weighted by Gasteiger charge is 2.06. The molecule has 72 valence electrons. The second-order valence-electron chi connectivity index (χ2n) is 2.69. The highest BCUT2D eigenvalue weighted by Crippen LogP contribution is 2.05. The molecule has 1 atom stereocenters. The van der Waals surface area contributed by atoms with E-state index < -0.39 is 0 Å². The van der Waals surface area contributed by atoms with Gasteiger partial charge in [0.1, 0.15) is 4.88 Å². The van der Waals surface area contributed by atoms with Crippen LogP contribution in [0.5, 0.6) is 0 Å². The van der Waals surface area contributed by atoms with Gasteiger partial charge < -0.3 is 5.32 Å². The zero-order valence-corrected chi connectivity index (χ0v) is 9.69. The third-order valence-corrected chi connectivity index (χ3v) is 2.71. The summed E-state index contributed by atoms with van der Waals surface area (Å²) in [6.45, 7) is 2.75. The minimum atomic E-state index is -0.0318. The van der Waals surface area contributed by atoms with Crippen LogP contribution >= 0.6 is 27.3 Å². The van der Waals surface area contributed by atoms with E-state index in [0.717, 1.165) is 6.42 Å². The number of thiazole rings is 1. The second-order valence-corrected chi connectivity index (χ2v) is 5.14. The Kier molecular flexibility index (Phi) is 4.38. The molecule has 0 bridgehead atoms. The number of nitrogens with zero attached hydrogens (tertiary/aromatic N) is 1. The van der Waals surface area contributed by atoms with Crippen LogP contribution in [0, 0.1) is 0 Å². The molecule has 1 aromatic rings. The number of halogens is 1. The molecule has 0 saturated carbocycles. The molecule has 1 rings (SSSR count). The fourth-order valence-corrected chi connectivity index (χ4v) is 1.56. The molecule has 0 spiro atoms. The summed E-state index contributed by atoms with van der Waals surface area (Å²) in [5.41, 5.74) is 1.65. The van der Waals surface area contributed by atoms with Crippen molar-refractivity contribution in [3.63, 3.8) is 0 Å². The summed E-state index contributed by atoms with van der Waals surface area (Å²) < 4.78 is 0. The number of alkyl halides is 1. The molecular weight excluding hydrogens is 252 g/mol. The molecule has 0 aromatic carbocycles. The van der Waals surface area contributed by atoms with Gasteiger partial charge in [0.15, 0.2) is 0 Å². The lowest BCUT2D eigenvalue weighted by atomic mass is 10.3. The first-order valence-corrected chi connectivity index (χ1v) is 5.80. The summed E-state index contributed by atoms with van der Waals surface area (Å²) in [6.07, 6.45) is 2.52. The molecule has 0 aliphatic rings. The van der Waals surface area contributed by atoms with Crippen molar-refractivity contribution < 1.29 is 4.79 Å². The van der Waals surface area contributed by atoms with Gasteiger partial charge in [0.2, 0.25) is 0 Å². The first-order chi connectivity index (χ1) is 6.20. The number of carbonyl (C=O) groups is 1. The van der Waals surface area contributed by atoms with E-state index in [1.165, 1.54) is 11.3 Å². The maximum atomic E-state index is 11.3. The van der Waals surface area contributed by atoms with Crippen molar-refractivity contribution in [3.05, 3.63) is 16.6 Å². The highest BCUT2D eigenvalue weighted by atomic mass is 79.9.